The Hall–Kier alpha value is -2.07. The number of halogens is 1. The molecule has 0 aromatic heterocycles. The van der Waals surface area contributed by atoms with Gasteiger partial charge in [-0.1, -0.05) is 12.1 Å². The second-order valence-corrected chi connectivity index (χ2v) is 5.28. The molecule has 1 heterocycles. The number of rotatable bonds is 3. The molecule has 110 valence electrons. The third-order valence-corrected chi connectivity index (χ3v) is 3.75. The Labute approximate surface area is 123 Å². The summed E-state index contributed by atoms with van der Waals surface area (Å²) < 4.78 is 24.4. The first kappa shape index (κ1) is 13.9. The number of hydrogen-bond acceptors (Lipinski definition) is 3. The van der Waals surface area contributed by atoms with Crippen LogP contribution in [0.25, 0.3) is 0 Å². The molecule has 0 amide bonds. The number of aryl methyl sites for hydroxylation is 1. The molecule has 3 rings (SSSR count). The Morgan fingerprint density at radius 2 is 1.86 bits per heavy atom. The smallest absolute Gasteiger partial charge is 0.161 e. The predicted molar refractivity (Wildman–Crippen MR) is 79.2 cm³/mol. The van der Waals surface area contributed by atoms with Crippen molar-refractivity contribution in [3.63, 3.8) is 0 Å². The van der Waals surface area contributed by atoms with Gasteiger partial charge in [-0.05, 0) is 54.3 Å². The molecular formula is C17H18FNO2. The standard InChI is InChI=1S/C17H18FNO2/c1-11-2-4-14(18)8-13(11)9-15(19)12-3-5-16-17(10-12)21-7-6-20-16/h2-5,8,10,15H,6-7,9,19H2,1H3. The van der Waals surface area contributed by atoms with Gasteiger partial charge in [0.1, 0.15) is 19.0 Å². The van der Waals surface area contributed by atoms with E-state index in [2.05, 4.69) is 0 Å². The van der Waals surface area contributed by atoms with Crippen molar-refractivity contribution in [3.8, 4) is 11.5 Å². The van der Waals surface area contributed by atoms with Crippen molar-refractivity contribution >= 4 is 0 Å². The highest BCUT2D eigenvalue weighted by Crippen LogP contribution is 2.33. The lowest BCUT2D eigenvalue weighted by Gasteiger charge is -2.21. The lowest BCUT2D eigenvalue weighted by molar-refractivity contribution is 0.171. The molecule has 2 N–H and O–H groups in total. The van der Waals surface area contributed by atoms with E-state index in [-0.39, 0.29) is 11.9 Å². The molecule has 1 atom stereocenters. The van der Waals surface area contributed by atoms with E-state index in [1.165, 1.54) is 6.07 Å². The molecule has 0 fully saturated rings. The summed E-state index contributed by atoms with van der Waals surface area (Å²) in [5, 5.41) is 0. The van der Waals surface area contributed by atoms with Gasteiger partial charge in [0.25, 0.3) is 0 Å². The lowest BCUT2D eigenvalue weighted by Crippen LogP contribution is -2.18. The summed E-state index contributed by atoms with van der Waals surface area (Å²) in [7, 11) is 0. The molecule has 0 bridgehead atoms. The molecule has 2 aromatic rings. The summed E-state index contributed by atoms with van der Waals surface area (Å²) in [4.78, 5) is 0. The molecule has 3 nitrogen and oxygen atoms in total. The Bertz CT molecular complexity index is 657. The molecule has 4 heteroatoms. The fraction of sp³-hybridized carbons (Fsp3) is 0.294. The predicted octanol–water partition coefficient (Wildman–Crippen LogP) is 3.15. The third kappa shape index (κ3) is 3.00. The average Bonchev–Trinajstić information content (AvgIpc) is 2.50. The molecule has 0 spiro atoms. The second kappa shape index (κ2) is 5.74. The van der Waals surface area contributed by atoms with Crippen molar-refractivity contribution < 1.29 is 13.9 Å². The Morgan fingerprint density at radius 3 is 2.67 bits per heavy atom. The molecule has 0 radical (unpaired) electrons. The van der Waals surface area contributed by atoms with Crippen LogP contribution in [-0.4, -0.2) is 13.2 Å². The molecule has 0 aliphatic carbocycles. The highest BCUT2D eigenvalue weighted by atomic mass is 19.1. The van der Waals surface area contributed by atoms with Crippen LogP contribution < -0.4 is 15.2 Å². The largest absolute Gasteiger partial charge is 0.486 e. The summed E-state index contributed by atoms with van der Waals surface area (Å²) in [6, 6.07) is 10.3. The zero-order chi connectivity index (χ0) is 14.8. The van der Waals surface area contributed by atoms with E-state index in [4.69, 9.17) is 15.2 Å². The summed E-state index contributed by atoms with van der Waals surface area (Å²) in [5.41, 5.74) is 9.20. The van der Waals surface area contributed by atoms with Gasteiger partial charge in [0.2, 0.25) is 0 Å². The fourth-order valence-corrected chi connectivity index (χ4v) is 2.51. The molecular weight excluding hydrogens is 269 g/mol. The molecule has 2 aromatic carbocycles. The first-order valence-electron chi connectivity index (χ1n) is 7.03. The van der Waals surface area contributed by atoms with E-state index in [0.29, 0.717) is 19.6 Å². The van der Waals surface area contributed by atoms with E-state index in [1.807, 2.05) is 25.1 Å². The van der Waals surface area contributed by atoms with Gasteiger partial charge >= 0.3 is 0 Å². The van der Waals surface area contributed by atoms with Crippen LogP contribution >= 0.6 is 0 Å². The highest BCUT2D eigenvalue weighted by Gasteiger charge is 2.15. The minimum atomic E-state index is -0.232. The number of fused-ring (bicyclic) bond motifs is 1. The minimum Gasteiger partial charge on any atom is -0.486 e. The van der Waals surface area contributed by atoms with Gasteiger partial charge < -0.3 is 15.2 Å². The maximum atomic E-state index is 13.3. The van der Waals surface area contributed by atoms with E-state index < -0.39 is 0 Å². The summed E-state index contributed by atoms with van der Waals surface area (Å²) in [6.07, 6.45) is 0.587. The minimum absolute atomic E-state index is 0.207. The molecule has 1 aliphatic rings. The number of nitrogens with two attached hydrogens (primary N) is 1. The topological polar surface area (TPSA) is 44.5 Å². The molecule has 0 saturated heterocycles. The van der Waals surface area contributed by atoms with Gasteiger partial charge in [0.15, 0.2) is 11.5 Å². The van der Waals surface area contributed by atoms with Gasteiger partial charge in [0, 0.05) is 6.04 Å². The average molecular weight is 287 g/mol. The highest BCUT2D eigenvalue weighted by molar-refractivity contribution is 5.45. The Balaban J connectivity index is 1.82. The van der Waals surface area contributed by atoms with E-state index >= 15 is 0 Å². The first-order valence-corrected chi connectivity index (χ1v) is 7.03. The van der Waals surface area contributed by atoms with Crippen LogP contribution in [0, 0.1) is 12.7 Å². The first-order chi connectivity index (χ1) is 10.1. The molecule has 21 heavy (non-hydrogen) atoms. The van der Waals surface area contributed by atoms with Crippen molar-refractivity contribution in [2.24, 2.45) is 5.73 Å². The SMILES string of the molecule is Cc1ccc(F)cc1CC(N)c1ccc2c(c1)OCCO2. The van der Waals surface area contributed by atoms with Crippen LogP contribution in [0.1, 0.15) is 22.7 Å². The Kier molecular flexibility index (Phi) is 3.80. The summed E-state index contributed by atoms with van der Waals surface area (Å²) >= 11 is 0. The van der Waals surface area contributed by atoms with E-state index in [1.54, 1.807) is 12.1 Å². The van der Waals surface area contributed by atoms with Crippen LogP contribution in [0.2, 0.25) is 0 Å². The van der Waals surface area contributed by atoms with Crippen molar-refractivity contribution in [3.05, 3.63) is 58.9 Å². The molecule has 1 unspecified atom stereocenters. The van der Waals surface area contributed by atoms with E-state index in [0.717, 1.165) is 28.2 Å². The van der Waals surface area contributed by atoms with Gasteiger partial charge in [-0.15, -0.1) is 0 Å². The number of benzene rings is 2. The zero-order valence-electron chi connectivity index (χ0n) is 11.9. The van der Waals surface area contributed by atoms with Crippen LogP contribution in [0.3, 0.4) is 0 Å². The quantitative estimate of drug-likeness (QED) is 0.943. The monoisotopic (exact) mass is 287 g/mol. The van der Waals surface area contributed by atoms with E-state index in [9.17, 15) is 4.39 Å². The summed E-state index contributed by atoms with van der Waals surface area (Å²) in [5.74, 6) is 1.24. The van der Waals surface area contributed by atoms with Gasteiger partial charge in [0.05, 0.1) is 0 Å². The van der Waals surface area contributed by atoms with Crippen molar-refractivity contribution in [2.45, 2.75) is 19.4 Å². The van der Waals surface area contributed by atoms with Crippen LogP contribution in [-0.2, 0) is 6.42 Å². The van der Waals surface area contributed by atoms with Crippen LogP contribution in [0.4, 0.5) is 4.39 Å². The summed E-state index contributed by atoms with van der Waals surface area (Å²) in [6.45, 7) is 3.08. The van der Waals surface area contributed by atoms with Gasteiger partial charge in [-0.3, -0.25) is 0 Å². The normalized spacial score (nSPS) is 14.8. The maximum Gasteiger partial charge on any atom is 0.161 e. The fourth-order valence-electron chi connectivity index (χ4n) is 2.51. The second-order valence-electron chi connectivity index (χ2n) is 5.28. The maximum absolute atomic E-state index is 13.3. The number of hydrogen-bond donors (Lipinski definition) is 1. The van der Waals surface area contributed by atoms with Crippen molar-refractivity contribution in [1.82, 2.24) is 0 Å². The molecule has 0 saturated carbocycles. The van der Waals surface area contributed by atoms with Crippen molar-refractivity contribution in [2.75, 3.05) is 13.2 Å². The zero-order valence-corrected chi connectivity index (χ0v) is 11.9. The Morgan fingerprint density at radius 1 is 1.10 bits per heavy atom. The molecule has 1 aliphatic heterocycles. The van der Waals surface area contributed by atoms with Crippen molar-refractivity contribution in [1.29, 1.82) is 0 Å². The van der Waals surface area contributed by atoms with Gasteiger partial charge in [-0.2, -0.15) is 0 Å². The van der Waals surface area contributed by atoms with Gasteiger partial charge in [-0.25, -0.2) is 4.39 Å². The third-order valence-electron chi connectivity index (χ3n) is 3.75. The van der Waals surface area contributed by atoms with Crippen LogP contribution in [0.15, 0.2) is 36.4 Å². The lowest BCUT2D eigenvalue weighted by atomic mass is 9.96. The number of ether oxygens (including phenoxy) is 2. The van der Waals surface area contributed by atoms with Crippen LogP contribution in [0.5, 0.6) is 11.5 Å².